The van der Waals surface area contributed by atoms with Crippen molar-refractivity contribution < 1.29 is 9.15 Å². The van der Waals surface area contributed by atoms with Gasteiger partial charge in [0.1, 0.15) is 6.10 Å². The van der Waals surface area contributed by atoms with Gasteiger partial charge in [0.2, 0.25) is 5.89 Å². The summed E-state index contributed by atoms with van der Waals surface area (Å²) in [5, 5.41) is 0. The minimum Gasteiger partial charge on any atom is -0.442 e. The Morgan fingerprint density at radius 3 is 3.08 bits per heavy atom. The summed E-state index contributed by atoms with van der Waals surface area (Å²) in [6, 6.07) is 0. The van der Waals surface area contributed by atoms with Crippen LogP contribution in [0.5, 0.6) is 0 Å². The zero-order chi connectivity index (χ0) is 9.26. The molecule has 0 aromatic carbocycles. The van der Waals surface area contributed by atoms with Crippen LogP contribution in [0, 0.1) is 5.92 Å². The quantitative estimate of drug-likeness (QED) is 0.690. The van der Waals surface area contributed by atoms with Gasteiger partial charge in [-0.2, -0.15) is 0 Å². The first-order chi connectivity index (χ1) is 6.31. The highest BCUT2D eigenvalue weighted by atomic mass is 35.5. The summed E-state index contributed by atoms with van der Waals surface area (Å²) in [5.41, 5.74) is 0. The SMILES string of the molecule is CC1CCOC1c1cnc(CCl)o1. The molecule has 72 valence electrons. The van der Waals surface area contributed by atoms with Gasteiger partial charge in [-0.25, -0.2) is 4.98 Å². The van der Waals surface area contributed by atoms with E-state index in [1.54, 1.807) is 6.20 Å². The molecule has 2 heterocycles. The van der Waals surface area contributed by atoms with Crippen LogP contribution >= 0.6 is 11.6 Å². The van der Waals surface area contributed by atoms with Gasteiger partial charge in [-0.05, 0) is 12.3 Å². The summed E-state index contributed by atoms with van der Waals surface area (Å²) < 4.78 is 11.0. The Morgan fingerprint density at radius 1 is 1.69 bits per heavy atom. The fraction of sp³-hybridized carbons (Fsp3) is 0.667. The van der Waals surface area contributed by atoms with E-state index in [0.717, 1.165) is 18.8 Å². The van der Waals surface area contributed by atoms with Crippen molar-refractivity contribution in [3.8, 4) is 0 Å². The summed E-state index contributed by atoms with van der Waals surface area (Å²) >= 11 is 5.59. The van der Waals surface area contributed by atoms with Gasteiger partial charge in [0.15, 0.2) is 5.76 Å². The number of hydrogen-bond acceptors (Lipinski definition) is 3. The van der Waals surface area contributed by atoms with E-state index < -0.39 is 0 Å². The topological polar surface area (TPSA) is 35.3 Å². The molecule has 13 heavy (non-hydrogen) atoms. The average molecular weight is 202 g/mol. The molecule has 2 atom stereocenters. The third kappa shape index (κ3) is 1.71. The maximum Gasteiger partial charge on any atom is 0.209 e. The number of alkyl halides is 1. The van der Waals surface area contributed by atoms with Gasteiger partial charge in [0, 0.05) is 6.61 Å². The van der Waals surface area contributed by atoms with Gasteiger partial charge in [0.05, 0.1) is 12.1 Å². The van der Waals surface area contributed by atoms with Crippen molar-refractivity contribution >= 4 is 11.6 Å². The van der Waals surface area contributed by atoms with Gasteiger partial charge in [-0.3, -0.25) is 0 Å². The summed E-state index contributed by atoms with van der Waals surface area (Å²) in [5.74, 6) is 2.21. The van der Waals surface area contributed by atoms with Crippen LogP contribution in [-0.4, -0.2) is 11.6 Å². The molecule has 2 rings (SSSR count). The second kappa shape index (κ2) is 3.68. The maximum absolute atomic E-state index is 5.59. The van der Waals surface area contributed by atoms with Crippen LogP contribution in [0.4, 0.5) is 0 Å². The fourth-order valence-electron chi connectivity index (χ4n) is 1.58. The number of nitrogens with zero attached hydrogens (tertiary/aromatic N) is 1. The van der Waals surface area contributed by atoms with E-state index in [2.05, 4.69) is 11.9 Å². The summed E-state index contributed by atoms with van der Waals surface area (Å²) in [7, 11) is 0. The molecule has 0 radical (unpaired) electrons. The highest BCUT2D eigenvalue weighted by Crippen LogP contribution is 2.34. The fourth-order valence-corrected chi connectivity index (χ4v) is 1.70. The Morgan fingerprint density at radius 2 is 2.54 bits per heavy atom. The van der Waals surface area contributed by atoms with Crippen molar-refractivity contribution in [3.05, 3.63) is 17.8 Å². The molecule has 1 aromatic heterocycles. The number of oxazole rings is 1. The van der Waals surface area contributed by atoms with Crippen molar-refractivity contribution in [2.45, 2.75) is 25.3 Å². The maximum atomic E-state index is 5.59. The van der Waals surface area contributed by atoms with Gasteiger partial charge >= 0.3 is 0 Å². The summed E-state index contributed by atoms with van der Waals surface area (Å²) in [6.45, 7) is 2.96. The second-order valence-electron chi connectivity index (χ2n) is 3.35. The van der Waals surface area contributed by atoms with Gasteiger partial charge in [0.25, 0.3) is 0 Å². The van der Waals surface area contributed by atoms with Crippen LogP contribution < -0.4 is 0 Å². The van der Waals surface area contributed by atoms with Crippen molar-refractivity contribution in [3.63, 3.8) is 0 Å². The number of ether oxygens (including phenoxy) is 1. The normalized spacial score (nSPS) is 28.2. The molecule has 0 saturated carbocycles. The highest BCUT2D eigenvalue weighted by molar-refractivity contribution is 6.16. The molecule has 1 saturated heterocycles. The predicted molar refractivity (Wildman–Crippen MR) is 48.5 cm³/mol. The first-order valence-corrected chi connectivity index (χ1v) is 4.97. The van der Waals surface area contributed by atoms with E-state index in [1.165, 1.54) is 0 Å². The molecule has 0 aliphatic carbocycles. The molecule has 0 spiro atoms. The standard InChI is InChI=1S/C9H12ClNO2/c1-6-2-3-12-9(6)7-5-11-8(4-10)13-7/h5-6,9H,2-4H2,1H3. The molecule has 1 fully saturated rings. The molecule has 0 amide bonds. The van der Waals surface area contributed by atoms with Crippen molar-refractivity contribution in [1.82, 2.24) is 4.98 Å². The molecule has 1 aliphatic rings. The van der Waals surface area contributed by atoms with Crippen LogP contribution in [0.15, 0.2) is 10.6 Å². The first-order valence-electron chi connectivity index (χ1n) is 4.43. The Bertz CT molecular complexity index is 287. The van der Waals surface area contributed by atoms with Crippen molar-refractivity contribution in [2.24, 2.45) is 5.92 Å². The van der Waals surface area contributed by atoms with Crippen molar-refractivity contribution in [2.75, 3.05) is 6.61 Å². The Labute approximate surface area is 82.0 Å². The van der Waals surface area contributed by atoms with E-state index in [9.17, 15) is 0 Å². The highest BCUT2D eigenvalue weighted by Gasteiger charge is 2.28. The monoisotopic (exact) mass is 201 g/mol. The Balaban J connectivity index is 2.15. The third-order valence-electron chi connectivity index (χ3n) is 2.35. The van der Waals surface area contributed by atoms with E-state index in [1.807, 2.05) is 0 Å². The number of aromatic nitrogens is 1. The van der Waals surface area contributed by atoms with Crippen molar-refractivity contribution in [1.29, 1.82) is 0 Å². The number of rotatable bonds is 2. The molecular weight excluding hydrogens is 190 g/mol. The minimum absolute atomic E-state index is 0.0736. The molecule has 2 unspecified atom stereocenters. The summed E-state index contributed by atoms with van der Waals surface area (Å²) in [6.07, 6.45) is 2.87. The molecule has 0 bridgehead atoms. The van der Waals surface area contributed by atoms with Crippen LogP contribution in [0.1, 0.15) is 31.1 Å². The first kappa shape index (κ1) is 9.03. The van der Waals surface area contributed by atoms with Gasteiger partial charge in [-0.1, -0.05) is 6.92 Å². The van der Waals surface area contributed by atoms with Crippen LogP contribution in [0.2, 0.25) is 0 Å². The lowest BCUT2D eigenvalue weighted by molar-refractivity contribution is 0.0752. The largest absolute Gasteiger partial charge is 0.442 e. The lowest BCUT2D eigenvalue weighted by Crippen LogP contribution is -2.01. The molecule has 1 aliphatic heterocycles. The molecular formula is C9H12ClNO2. The second-order valence-corrected chi connectivity index (χ2v) is 3.61. The van der Waals surface area contributed by atoms with E-state index in [4.69, 9.17) is 20.8 Å². The summed E-state index contributed by atoms with van der Waals surface area (Å²) in [4.78, 5) is 4.04. The smallest absolute Gasteiger partial charge is 0.209 e. The molecule has 3 nitrogen and oxygen atoms in total. The van der Waals surface area contributed by atoms with Crippen LogP contribution in [0.25, 0.3) is 0 Å². The van der Waals surface area contributed by atoms with Gasteiger partial charge < -0.3 is 9.15 Å². The minimum atomic E-state index is 0.0736. The van der Waals surface area contributed by atoms with E-state index in [-0.39, 0.29) is 6.10 Å². The van der Waals surface area contributed by atoms with E-state index >= 15 is 0 Å². The van der Waals surface area contributed by atoms with E-state index in [0.29, 0.717) is 17.7 Å². The molecule has 4 heteroatoms. The zero-order valence-electron chi connectivity index (χ0n) is 7.50. The van der Waals surface area contributed by atoms with Gasteiger partial charge in [-0.15, -0.1) is 11.6 Å². The Hall–Kier alpha value is -0.540. The lowest BCUT2D eigenvalue weighted by atomic mass is 10.0. The van der Waals surface area contributed by atoms with Crippen LogP contribution in [-0.2, 0) is 10.6 Å². The molecule has 1 aromatic rings. The average Bonchev–Trinajstić information content (AvgIpc) is 2.71. The third-order valence-corrected chi connectivity index (χ3v) is 2.58. The Kier molecular flexibility index (Phi) is 2.56. The number of halogens is 1. The predicted octanol–water partition coefficient (Wildman–Crippen LogP) is 2.51. The molecule has 0 N–H and O–H groups in total. The lowest BCUT2D eigenvalue weighted by Gasteiger charge is -2.09. The zero-order valence-corrected chi connectivity index (χ0v) is 8.25. The number of hydrogen-bond donors (Lipinski definition) is 0. The van der Waals surface area contributed by atoms with Crippen LogP contribution in [0.3, 0.4) is 0 Å².